The molecule has 1 N–H and O–H groups in total. The Labute approximate surface area is 193 Å². The number of benzene rings is 2. The first kappa shape index (κ1) is 20.5. The topological polar surface area (TPSA) is 115 Å². The Morgan fingerprint density at radius 1 is 1.22 bits per heavy atom. The largest absolute Gasteiger partial charge is 0.301 e. The maximum Gasteiger partial charge on any atom is 0.270 e. The van der Waals surface area contributed by atoms with Gasteiger partial charge in [0, 0.05) is 23.1 Å². The lowest BCUT2D eigenvalue weighted by Gasteiger charge is -2.09. The van der Waals surface area contributed by atoms with Gasteiger partial charge in [0.1, 0.15) is 0 Å². The van der Waals surface area contributed by atoms with Crippen LogP contribution in [-0.4, -0.2) is 35.7 Å². The molecule has 0 aliphatic carbocycles. The third-order valence-corrected chi connectivity index (χ3v) is 7.46. The van der Waals surface area contributed by atoms with Gasteiger partial charge in [0.25, 0.3) is 5.69 Å². The normalized spacial score (nSPS) is 12.3. The number of carbonyl (C=O) groups excluding carboxylic acids is 1. The number of carbonyl (C=O) groups is 1. The third kappa shape index (κ3) is 3.83. The number of thiazole rings is 2. The fraction of sp³-hybridized carbons (Fsp3) is 0.100. The Hall–Kier alpha value is -3.35. The number of nitro groups is 1. The van der Waals surface area contributed by atoms with Gasteiger partial charge in [-0.05, 0) is 19.1 Å². The number of nitro benzene ring substituents is 1. The second kappa shape index (κ2) is 8.30. The van der Waals surface area contributed by atoms with Crippen LogP contribution in [0.3, 0.4) is 0 Å². The smallest absolute Gasteiger partial charge is 0.270 e. The third-order valence-electron chi connectivity index (χ3n) is 4.65. The van der Waals surface area contributed by atoms with Gasteiger partial charge in [0.2, 0.25) is 10.9 Å². The predicted octanol–water partition coefficient (Wildman–Crippen LogP) is 5.10. The molecule has 0 fully saturated rings. The fourth-order valence-electron chi connectivity index (χ4n) is 3.09. The molecule has 0 saturated carbocycles. The van der Waals surface area contributed by atoms with E-state index in [0.717, 1.165) is 15.2 Å². The average molecular weight is 483 g/mol. The van der Waals surface area contributed by atoms with E-state index in [1.165, 1.54) is 35.2 Å². The Morgan fingerprint density at radius 2 is 2.06 bits per heavy atom. The zero-order chi connectivity index (χ0) is 22.2. The lowest BCUT2D eigenvalue weighted by molar-refractivity contribution is -0.384. The zero-order valence-corrected chi connectivity index (χ0v) is 18.9. The number of aromatic nitrogens is 4. The van der Waals surface area contributed by atoms with Crippen molar-refractivity contribution in [3.05, 3.63) is 64.0 Å². The number of amides is 1. The van der Waals surface area contributed by atoms with Crippen LogP contribution in [-0.2, 0) is 4.79 Å². The molecule has 2 aromatic carbocycles. The van der Waals surface area contributed by atoms with Crippen LogP contribution in [0.5, 0.6) is 0 Å². The van der Waals surface area contributed by atoms with E-state index in [9.17, 15) is 14.9 Å². The summed E-state index contributed by atoms with van der Waals surface area (Å²) in [5, 5.41) is 24.7. The summed E-state index contributed by atoms with van der Waals surface area (Å²) >= 11 is 4.13. The molecule has 0 unspecified atom stereocenters. The SMILES string of the molecule is C[C@@H](Sc1nnc2sc3ccccc3n12)C(=O)Nc1nc(-c2cccc([N+](=O)[O-])c2)cs1. The molecule has 5 aromatic rings. The van der Waals surface area contributed by atoms with Gasteiger partial charge in [-0.15, -0.1) is 21.5 Å². The van der Waals surface area contributed by atoms with Crippen molar-refractivity contribution in [3.63, 3.8) is 0 Å². The number of thioether (sulfide) groups is 1. The van der Waals surface area contributed by atoms with E-state index >= 15 is 0 Å². The highest BCUT2D eigenvalue weighted by Crippen LogP contribution is 2.32. The summed E-state index contributed by atoms with van der Waals surface area (Å²) in [7, 11) is 0. The van der Waals surface area contributed by atoms with Gasteiger partial charge < -0.3 is 5.32 Å². The predicted molar refractivity (Wildman–Crippen MR) is 127 cm³/mol. The summed E-state index contributed by atoms with van der Waals surface area (Å²) in [6.07, 6.45) is 0. The molecule has 0 bridgehead atoms. The molecule has 32 heavy (non-hydrogen) atoms. The highest BCUT2D eigenvalue weighted by Gasteiger charge is 2.21. The molecule has 0 spiro atoms. The second-order valence-corrected chi connectivity index (χ2v) is 9.94. The van der Waals surface area contributed by atoms with Crippen molar-refractivity contribution in [3.8, 4) is 11.3 Å². The molecule has 1 amide bonds. The van der Waals surface area contributed by atoms with Crippen LogP contribution in [0.15, 0.2) is 59.1 Å². The van der Waals surface area contributed by atoms with Crippen molar-refractivity contribution in [1.82, 2.24) is 19.6 Å². The number of hydrogen-bond donors (Lipinski definition) is 1. The molecule has 5 rings (SSSR count). The van der Waals surface area contributed by atoms with Crippen molar-refractivity contribution in [2.75, 3.05) is 5.32 Å². The highest BCUT2D eigenvalue weighted by molar-refractivity contribution is 8.00. The molecular formula is C20H14N6O3S3. The van der Waals surface area contributed by atoms with Gasteiger partial charge in [0.05, 0.1) is 26.1 Å². The number of hydrogen-bond acceptors (Lipinski definition) is 9. The summed E-state index contributed by atoms with van der Waals surface area (Å²) in [6.45, 7) is 1.80. The monoisotopic (exact) mass is 482 g/mol. The zero-order valence-electron chi connectivity index (χ0n) is 16.5. The number of rotatable bonds is 6. The molecule has 3 heterocycles. The molecule has 9 nitrogen and oxygen atoms in total. The molecule has 0 aliphatic rings. The van der Waals surface area contributed by atoms with Crippen molar-refractivity contribution >= 4 is 66.3 Å². The Balaban J connectivity index is 1.31. The second-order valence-electron chi connectivity index (χ2n) is 6.77. The number of nitrogens with one attached hydrogen (secondary N) is 1. The van der Waals surface area contributed by atoms with E-state index in [4.69, 9.17) is 0 Å². The summed E-state index contributed by atoms with van der Waals surface area (Å²) in [5.74, 6) is -0.216. The number of fused-ring (bicyclic) bond motifs is 3. The molecule has 12 heteroatoms. The van der Waals surface area contributed by atoms with Gasteiger partial charge in [-0.1, -0.05) is 47.4 Å². The highest BCUT2D eigenvalue weighted by atomic mass is 32.2. The van der Waals surface area contributed by atoms with E-state index in [-0.39, 0.29) is 11.6 Å². The molecular weight excluding hydrogens is 468 g/mol. The fourth-order valence-corrected chi connectivity index (χ4v) is 5.70. The molecule has 160 valence electrons. The van der Waals surface area contributed by atoms with Crippen LogP contribution in [0.1, 0.15) is 6.92 Å². The molecule has 0 radical (unpaired) electrons. The van der Waals surface area contributed by atoms with Crippen molar-refractivity contribution in [2.45, 2.75) is 17.3 Å². The number of nitrogens with zero attached hydrogens (tertiary/aromatic N) is 5. The number of anilines is 1. The van der Waals surface area contributed by atoms with Gasteiger partial charge >= 0.3 is 0 Å². The van der Waals surface area contributed by atoms with Crippen LogP contribution in [0.25, 0.3) is 26.4 Å². The van der Waals surface area contributed by atoms with Crippen molar-refractivity contribution in [1.29, 1.82) is 0 Å². The maximum absolute atomic E-state index is 12.8. The van der Waals surface area contributed by atoms with Crippen molar-refractivity contribution in [2.24, 2.45) is 0 Å². The minimum atomic E-state index is -0.449. The van der Waals surface area contributed by atoms with E-state index in [0.29, 0.717) is 21.5 Å². The number of para-hydroxylation sites is 1. The minimum absolute atomic E-state index is 0.00770. The van der Waals surface area contributed by atoms with Crippen LogP contribution < -0.4 is 5.32 Å². The van der Waals surface area contributed by atoms with E-state index < -0.39 is 10.2 Å². The molecule has 3 aromatic heterocycles. The summed E-state index contributed by atoms with van der Waals surface area (Å²) in [5.41, 5.74) is 2.19. The van der Waals surface area contributed by atoms with Gasteiger partial charge in [-0.25, -0.2) is 4.98 Å². The maximum atomic E-state index is 12.8. The van der Waals surface area contributed by atoms with Crippen LogP contribution in [0.4, 0.5) is 10.8 Å². The lowest BCUT2D eigenvalue weighted by Crippen LogP contribution is -2.22. The van der Waals surface area contributed by atoms with Gasteiger partial charge in [-0.2, -0.15) is 0 Å². The quantitative estimate of drug-likeness (QED) is 0.203. The first-order valence-electron chi connectivity index (χ1n) is 9.40. The summed E-state index contributed by atoms with van der Waals surface area (Å²) < 4.78 is 3.06. The van der Waals surface area contributed by atoms with E-state index in [1.54, 1.807) is 35.8 Å². The van der Waals surface area contributed by atoms with Crippen LogP contribution >= 0.6 is 34.4 Å². The van der Waals surface area contributed by atoms with E-state index in [1.807, 2.05) is 28.7 Å². The van der Waals surface area contributed by atoms with Crippen LogP contribution in [0, 0.1) is 10.1 Å². The molecule has 0 aliphatic heterocycles. The molecule has 0 saturated heterocycles. The first-order chi connectivity index (χ1) is 15.5. The lowest BCUT2D eigenvalue weighted by atomic mass is 10.1. The Bertz CT molecular complexity index is 1470. The van der Waals surface area contributed by atoms with Crippen molar-refractivity contribution < 1.29 is 9.72 Å². The summed E-state index contributed by atoms with van der Waals surface area (Å²) in [6, 6.07) is 14.2. The first-order valence-corrected chi connectivity index (χ1v) is 12.0. The molecule has 1 atom stereocenters. The van der Waals surface area contributed by atoms with Gasteiger partial charge in [0.15, 0.2) is 10.3 Å². The van der Waals surface area contributed by atoms with Gasteiger partial charge in [-0.3, -0.25) is 19.3 Å². The number of non-ortho nitro benzene ring substituents is 1. The standard InChI is InChI=1S/C20H14N6O3S3/c1-11(31-19-23-24-20-25(19)15-7-2-3-8-16(15)32-20)17(27)22-18-21-14(10-30-18)12-5-4-6-13(9-12)26(28)29/h2-11H,1H3,(H,21,22,27)/t11-/m1/s1. The van der Waals surface area contributed by atoms with Crippen LogP contribution in [0.2, 0.25) is 0 Å². The van der Waals surface area contributed by atoms with E-state index in [2.05, 4.69) is 20.5 Å². The summed E-state index contributed by atoms with van der Waals surface area (Å²) in [4.78, 5) is 28.5. The average Bonchev–Trinajstić information content (AvgIpc) is 3.50. The Kier molecular flexibility index (Phi) is 5.33. The Morgan fingerprint density at radius 3 is 2.91 bits per heavy atom. The minimum Gasteiger partial charge on any atom is -0.301 e.